The Balaban J connectivity index is 1.29. The van der Waals surface area contributed by atoms with E-state index in [9.17, 15) is 9.59 Å². The summed E-state index contributed by atoms with van der Waals surface area (Å²) >= 11 is 0. The van der Waals surface area contributed by atoms with Crippen LogP contribution < -0.4 is 5.32 Å². The van der Waals surface area contributed by atoms with Crippen LogP contribution in [0.15, 0.2) is 54.6 Å². The maximum absolute atomic E-state index is 13.1. The van der Waals surface area contributed by atoms with Crippen LogP contribution in [0.5, 0.6) is 0 Å². The van der Waals surface area contributed by atoms with E-state index >= 15 is 0 Å². The molecule has 2 aromatic rings. The highest BCUT2D eigenvalue weighted by molar-refractivity contribution is 6.07. The van der Waals surface area contributed by atoms with Crippen LogP contribution in [-0.2, 0) is 22.6 Å². The molecule has 4 rings (SSSR count). The Morgan fingerprint density at radius 2 is 1.69 bits per heavy atom. The van der Waals surface area contributed by atoms with Gasteiger partial charge in [0.2, 0.25) is 11.8 Å². The molecule has 4 heteroatoms. The van der Waals surface area contributed by atoms with Crippen molar-refractivity contribution in [3.8, 4) is 0 Å². The fraction of sp³-hybridized carbons (Fsp3) is 0.440. The summed E-state index contributed by atoms with van der Waals surface area (Å²) in [6, 6.07) is 18.7. The molecular weight excluding hydrogens is 360 g/mol. The molecule has 1 N–H and O–H groups in total. The van der Waals surface area contributed by atoms with E-state index in [2.05, 4.69) is 35.6 Å². The molecule has 4 nitrogen and oxygen atoms in total. The molecule has 0 aromatic heterocycles. The molecule has 1 aliphatic heterocycles. The number of piperidine rings is 1. The van der Waals surface area contributed by atoms with Crippen molar-refractivity contribution in [1.29, 1.82) is 0 Å². The normalized spacial score (nSPS) is 18.3. The molecule has 2 amide bonds. The lowest BCUT2D eigenvalue weighted by Gasteiger charge is -2.34. The first-order valence-electron chi connectivity index (χ1n) is 10.7. The average molecular weight is 391 g/mol. The molecule has 1 heterocycles. The van der Waals surface area contributed by atoms with E-state index in [-0.39, 0.29) is 11.8 Å². The van der Waals surface area contributed by atoms with Gasteiger partial charge in [0, 0.05) is 19.6 Å². The van der Waals surface area contributed by atoms with Crippen LogP contribution in [0.4, 0.5) is 0 Å². The van der Waals surface area contributed by atoms with E-state index < -0.39 is 5.41 Å². The standard InChI is InChI=1S/C25H30N2O2/c1-19-6-5-9-22(16-19)18-26-23(28)25(12-13-25)24(29)27-14-10-21(11-15-27)17-20-7-3-2-4-8-20/h2-9,16,21H,10-15,17-18H2,1H3,(H,26,28). The van der Waals surface area contributed by atoms with Gasteiger partial charge < -0.3 is 10.2 Å². The molecule has 1 aliphatic carbocycles. The third kappa shape index (κ3) is 4.52. The van der Waals surface area contributed by atoms with E-state index in [4.69, 9.17) is 0 Å². The number of benzene rings is 2. The Morgan fingerprint density at radius 3 is 2.34 bits per heavy atom. The number of hydrogen-bond acceptors (Lipinski definition) is 2. The van der Waals surface area contributed by atoms with Crippen LogP contribution in [0.2, 0.25) is 0 Å². The van der Waals surface area contributed by atoms with E-state index in [1.165, 1.54) is 11.1 Å². The summed E-state index contributed by atoms with van der Waals surface area (Å²) in [6.07, 6.45) is 4.46. The molecule has 152 valence electrons. The van der Waals surface area contributed by atoms with Gasteiger partial charge in [0.05, 0.1) is 0 Å². The van der Waals surface area contributed by atoms with Crippen molar-refractivity contribution in [3.63, 3.8) is 0 Å². The molecule has 0 atom stereocenters. The fourth-order valence-corrected chi connectivity index (χ4v) is 4.43. The number of nitrogens with zero attached hydrogens (tertiary/aromatic N) is 1. The molecular formula is C25H30N2O2. The van der Waals surface area contributed by atoms with Gasteiger partial charge >= 0.3 is 0 Å². The van der Waals surface area contributed by atoms with Crippen molar-refractivity contribution in [3.05, 3.63) is 71.3 Å². The molecule has 0 bridgehead atoms. The minimum atomic E-state index is -0.809. The fourth-order valence-electron chi connectivity index (χ4n) is 4.43. The van der Waals surface area contributed by atoms with E-state index in [1.807, 2.05) is 36.1 Å². The maximum atomic E-state index is 13.1. The number of amides is 2. The third-order valence-corrected chi connectivity index (χ3v) is 6.40. The Morgan fingerprint density at radius 1 is 1.00 bits per heavy atom. The summed E-state index contributed by atoms with van der Waals surface area (Å²) in [7, 11) is 0. The van der Waals surface area contributed by atoms with Gasteiger partial charge in [-0.2, -0.15) is 0 Å². The second-order valence-electron chi connectivity index (χ2n) is 8.68. The van der Waals surface area contributed by atoms with Gasteiger partial charge in [0.15, 0.2) is 0 Å². The predicted octanol–water partition coefficient (Wildman–Crippen LogP) is 3.87. The molecule has 2 fully saturated rings. The zero-order valence-corrected chi connectivity index (χ0v) is 17.2. The van der Waals surface area contributed by atoms with Gasteiger partial charge in [0.25, 0.3) is 0 Å². The summed E-state index contributed by atoms with van der Waals surface area (Å²) in [5, 5.41) is 3.00. The predicted molar refractivity (Wildman–Crippen MR) is 114 cm³/mol. The van der Waals surface area contributed by atoms with Crippen molar-refractivity contribution in [2.24, 2.45) is 11.3 Å². The SMILES string of the molecule is Cc1cccc(CNC(=O)C2(C(=O)N3CCC(Cc4ccccc4)CC3)CC2)c1. The van der Waals surface area contributed by atoms with Gasteiger partial charge in [0.1, 0.15) is 5.41 Å². The van der Waals surface area contributed by atoms with Gasteiger partial charge in [-0.15, -0.1) is 0 Å². The highest BCUT2D eigenvalue weighted by Crippen LogP contribution is 2.48. The Hall–Kier alpha value is -2.62. The van der Waals surface area contributed by atoms with Crippen LogP contribution in [0, 0.1) is 18.3 Å². The Labute approximate surface area is 173 Å². The Kier molecular flexibility index (Phi) is 5.70. The lowest BCUT2D eigenvalue weighted by molar-refractivity contribution is -0.145. The number of aryl methyl sites for hydroxylation is 1. The second-order valence-corrected chi connectivity index (χ2v) is 8.68. The summed E-state index contributed by atoms with van der Waals surface area (Å²) in [5.41, 5.74) is 2.80. The molecule has 0 spiro atoms. The van der Waals surface area contributed by atoms with Crippen molar-refractivity contribution >= 4 is 11.8 Å². The summed E-state index contributed by atoms with van der Waals surface area (Å²) < 4.78 is 0. The van der Waals surface area contributed by atoms with E-state index in [0.29, 0.717) is 25.3 Å². The van der Waals surface area contributed by atoms with E-state index in [0.717, 1.165) is 37.9 Å². The zero-order valence-electron chi connectivity index (χ0n) is 17.2. The largest absolute Gasteiger partial charge is 0.351 e. The number of rotatable bonds is 6. The molecule has 2 aromatic carbocycles. The number of hydrogen-bond donors (Lipinski definition) is 1. The second kappa shape index (κ2) is 8.40. The van der Waals surface area contributed by atoms with Gasteiger partial charge in [-0.3, -0.25) is 9.59 Å². The first-order chi connectivity index (χ1) is 14.1. The molecule has 1 saturated carbocycles. The maximum Gasteiger partial charge on any atom is 0.238 e. The molecule has 0 unspecified atom stereocenters. The van der Waals surface area contributed by atoms with Crippen LogP contribution in [0.25, 0.3) is 0 Å². The van der Waals surface area contributed by atoms with Gasteiger partial charge in [-0.05, 0) is 56.1 Å². The van der Waals surface area contributed by atoms with Crippen LogP contribution in [-0.4, -0.2) is 29.8 Å². The first kappa shape index (κ1) is 19.7. The van der Waals surface area contributed by atoms with Crippen molar-refractivity contribution in [1.82, 2.24) is 10.2 Å². The summed E-state index contributed by atoms with van der Waals surface area (Å²) in [5.74, 6) is 0.555. The van der Waals surface area contributed by atoms with Crippen molar-refractivity contribution in [2.75, 3.05) is 13.1 Å². The van der Waals surface area contributed by atoms with Crippen molar-refractivity contribution in [2.45, 2.75) is 45.6 Å². The molecule has 29 heavy (non-hydrogen) atoms. The first-order valence-corrected chi connectivity index (χ1v) is 10.7. The lowest BCUT2D eigenvalue weighted by atomic mass is 9.89. The summed E-state index contributed by atoms with van der Waals surface area (Å²) in [4.78, 5) is 27.9. The highest BCUT2D eigenvalue weighted by Gasteiger charge is 2.58. The smallest absolute Gasteiger partial charge is 0.238 e. The minimum Gasteiger partial charge on any atom is -0.351 e. The van der Waals surface area contributed by atoms with Crippen molar-refractivity contribution < 1.29 is 9.59 Å². The van der Waals surface area contributed by atoms with Crippen LogP contribution in [0.1, 0.15) is 42.4 Å². The number of likely N-dealkylation sites (tertiary alicyclic amines) is 1. The quantitative estimate of drug-likeness (QED) is 0.761. The average Bonchev–Trinajstić information content (AvgIpc) is 3.55. The van der Waals surface area contributed by atoms with Crippen LogP contribution in [0.3, 0.4) is 0 Å². The number of carbonyl (C=O) groups excluding carboxylic acids is 2. The summed E-state index contributed by atoms with van der Waals surface area (Å²) in [6.45, 7) is 4.06. The molecule has 2 aliphatic rings. The molecule has 1 saturated heterocycles. The van der Waals surface area contributed by atoms with Gasteiger partial charge in [-0.25, -0.2) is 0 Å². The monoisotopic (exact) mass is 390 g/mol. The zero-order chi connectivity index (χ0) is 20.3. The Bertz CT molecular complexity index is 865. The third-order valence-electron chi connectivity index (χ3n) is 6.40. The number of nitrogens with one attached hydrogen (secondary N) is 1. The van der Waals surface area contributed by atoms with Crippen LogP contribution >= 0.6 is 0 Å². The van der Waals surface area contributed by atoms with Gasteiger partial charge in [-0.1, -0.05) is 60.2 Å². The molecule has 0 radical (unpaired) electrons. The highest BCUT2D eigenvalue weighted by atomic mass is 16.2. The number of carbonyl (C=O) groups is 2. The minimum absolute atomic E-state index is 0.0393. The van der Waals surface area contributed by atoms with E-state index in [1.54, 1.807) is 0 Å². The topological polar surface area (TPSA) is 49.4 Å². The lowest BCUT2D eigenvalue weighted by Crippen LogP contribution is -2.48.